The Bertz CT molecular complexity index is 342. The van der Waals surface area contributed by atoms with Crippen molar-refractivity contribution in [3.05, 3.63) is 35.4 Å². The van der Waals surface area contributed by atoms with Gasteiger partial charge in [0.15, 0.2) is 0 Å². The first-order chi connectivity index (χ1) is 7.60. The van der Waals surface area contributed by atoms with Crippen LogP contribution in [0.15, 0.2) is 18.2 Å². The van der Waals surface area contributed by atoms with E-state index in [4.69, 9.17) is 5.73 Å². The van der Waals surface area contributed by atoms with Crippen LogP contribution in [0.2, 0.25) is 0 Å². The summed E-state index contributed by atoms with van der Waals surface area (Å²) in [4.78, 5) is 1.98. The van der Waals surface area contributed by atoms with Gasteiger partial charge in [-0.3, -0.25) is 4.90 Å². The van der Waals surface area contributed by atoms with Crippen molar-refractivity contribution in [2.75, 3.05) is 20.1 Å². The molecule has 4 heteroatoms. The topological polar surface area (TPSA) is 29.3 Å². The van der Waals surface area contributed by atoms with E-state index in [1.807, 2.05) is 18.9 Å². The second-order valence-corrected chi connectivity index (χ2v) is 3.90. The fourth-order valence-corrected chi connectivity index (χ4v) is 1.82. The number of hydrogen-bond acceptors (Lipinski definition) is 2. The zero-order chi connectivity index (χ0) is 12.1. The van der Waals surface area contributed by atoms with E-state index < -0.39 is 11.6 Å². The highest BCUT2D eigenvalue weighted by Crippen LogP contribution is 2.22. The molecule has 1 atom stereocenters. The first-order valence-electron chi connectivity index (χ1n) is 5.45. The van der Waals surface area contributed by atoms with Crippen molar-refractivity contribution >= 4 is 0 Å². The number of nitrogens with zero attached hydrogens (tertiary/aromatic N) is 1. The van der Waals surface area contributed by atoms with Gasteiger partial charge in [-0.15, -0.1) is 0 Å². The second kappa shape index (κ2) is 5.92. The van der Waals surface area contributed by atoms with E-state index in [-0.39, 0.29) is 6.04 Å². The Morgan fingerprint density at radius 1 is 1.38 bits per heavy atom. The fourth-order valence-electron chi connectivity index (χ4n) is 1.82. The van der Waals surface area contributed by atoms with Gasteiger partial charge in [0.1, 0.15) is 11.6 Å². The Labute approximate surface area is 95.1 Å². The van der Waals surface area contributed by atoms with E-state index in [1.54, 1.807) is 0 Å². The number of hydrogen-bond donors (Lipinski definition) is 1. The lowest BCUT2D eigenvalue weighted by Gasteiger charge is -2.27. The molecule has 0 bridgehead atoms. The van der Waals surface area contributed by atoms with Crippen molar-refractivity contribution in [2.45, 2.75) is 19.4 Å². The third kappa shape index (κ3) is 3.00. The molecule has 0 radical (unpaired) electrons. The summed E-state index contributed by atoms with van der Waals surface area (Å²) in [5.74, 6) is -1.09. The lowest BCUT2D eigenvalue weighted by atomic mass is 10.0. The van der Waals surface area contributed by atoms with Gasteiger partial charge in [-0.05, 0) is 26.1 Å². The zero-order valence-electron chi connectivity index (χ0n) is 9.71. The van der Waals surface area contributed by atoms with Crippen LogP contribution in [0.5, 0.6) is 0 Å². The summed E-state index contributed by atoms with van der Waals surface area (Å²) >= 11 is 0. The van der Waals surface area contributed by atoms with Gasteiger partial charge in [0.25, 0.3) is 0 Å². The summed E-state index contributed by atoms with van der Waals surface area (Å²) in [5, 5.41) is 0. The summed E-state index contributed by atoms with van der Waals surface area (Å²) in [6, 6.07) is 3.44. The Balaban J connectivity index is 2.94. The quantitative estimate of drug-likeness (QED) is 0.838. The van der Waals surface area contributed by atoms with E-state index in [1.165, 1.54) is 12.1 Å². The summed E-state index contributed by atoms with van der Waals surface area (Å²) in [6.45, 7) is 3.20. The highest BCUT2D eigenvalue weighted by molar-refractivity contribution is 5.22. The van der Waals surface area contributed by atoms with E-state index in [0.717, 1.165) is 19.0 Å². The lowest BCUT2D eigenvalue weighted by Crippen LogP contribution is -2.31. The van der Waals surface area contributed by atoms with Gasteiger partial charge >= 0.3 is 0 Å². The van der Waals surface area contributed by atoms with Crippen LogP contribution < -0.4 is 5.73 Å². The summed E-state index contributed by atoms with van der Waals surface area (Å²) in [5.41, 5.74) is 6.10. The van der Waals surface area contributed by atoms with E-state index in [0.29, 0.717) is 12.1 Å². The number of halogens is 2. The van der Waals surface area contributed by atoms with Crippen molar-refractivity contribution in [3.63, 3.8) is 0 Å². The zero-order valence-corrected chi connectivity index (χ0v) is 9.71. The van der Waals surface area contributed by atoms with E-state index in [2.05, 4.69) is 0 Å². The minimum absolute atomic E-state index is 0.194. The molecule has 1 unspecified atom stereocenters. The van der Waals surface area contributed by atoms with Crippen molar-refractivity contribution in [2.24, 2.45) is 5.73 Å². The molecule has 0 aliphatic carbocycles. The first-order valence-corrected chi connectivity index (χ1v) is 5.45. The van der Waals surface area contributed by atoms with Crippen molar-refractivity contribution in [1.82, 2.24) is 4.90 Å². The fraction of sp³-hybridized carbons (Fsp3) is 0.500. The van der Waals surface area contributed by atoms with Crippen molar-refractivity contribution < 1.29 is 8.78 Å². The predicted molar refractivity (Wildman–Crippen MR) is 61.1 cm³/mol. The molecule has 1 aromatic rings. The van der Waals surface area contributed by atoms with Crippen LogP contribution in [-0.4, -0.2) is 25.0 Å². The molecule has 0 spiro atoms. The molecule has 0 saturated heterocycles. The van der Waals surface area contributed by atoms with Crippen LogP contribution in [-0.2, 0) is 0 Å². The second-order valence-electron chi connectivity index (χ2n) is 3.90. The number of nitrogens with two attached hydrogens (primary N) is 1. The SMILES string of the molecule is CCCN(C)C(CN)c1ccc(F)cc1F. The van der Waals surface area contributed by atoms with E-state index in [9.17, 15) is 8.78 Å². The number of benzene rings is 1. The third-order valence-electron chi connectivity index (χ3n) is 2.65. The Hall–Kier alpha value is -1.00. The molecule has 2 nitrogen and oxygen atoms in total. The minimum Gasteiger partial charge on any atom is -0.329 e. The molecule has 90 valence electrons. The molecule has 0 fully saturated rings. The highest BCUT2D eigenvalue weighted by Gasteiger charge is 2.18. The van der Waals surface area contributed by atoms with Crippen molar-refractivity contribution in [1.29, 1.82) is 0 Å². The normalized spacial score (nSPS) is 13.1. The molecule has 1 rings (SSSR count). The maximum atomic E-state index is 13.6. The Kier molecular flexibility index (Phi) is 4.83. The van der Waals surface area contributed by atoms with Crippen LogP contribution in [0.3, 0.4) is 0 Å². The van der Waals surface area contributed by atoms with Gasteiger partial charge in [0.2, 0.25) is 0 Å². The van der Waals surface area contributed by atoms with Crippen LogP contribution in [0.4, 0.5) is 8.78 Å². The number of likely N-dealkylation sites (N-methyl/N-ethyl adjacent to an activating group) is 1. The van der Waals surface area contributed by atoms with Crippen LogP contribution in [0.25, 0.3) is 0 Å². The molecule has 0 aromatic heterocycles. The third-order valence-corrected chi connectivity index (χ3v) is 2.65. The average molecular weight is 228 g/mol. The molecule has 0 amide bonds. The minimum atomic E-state index is -0.560. The largest absolute Gasteiger partial charge is 0.329 e. The molecule has 2 N–H and O–H groups in total. The summed E-state index contributed by atoms with van der Waals surface area (Å²) in [7, 11) is 1.89. The lowest BCUT2D eigenvalue weighted by molar-refractivity contribution is 0.245. The first kappa shape index (κ1) is 13.1. The molecule has 1 aromatic carbocycles. The van der Waals surface area contributed by atoms with Crippen molar-refractivity contribution in [3.8, 4) is 0 Å². The standard InChI is InChI=1S/C12H18F2N2/c1-3-6-16(2)12(8-15)10-5-4-9(13)7-11(10)14/h4-5,7,12H,3,6,8,15H2,1-2H3. The predicted octanol–water partition coefficient (Wildman–Crippen LogP) is 2.31. The highest BCUT2D eigenvalue weighted by atomic mass is 19.1. The van der Waals surface area contributed by atoms with Gasteiger partial charge in [-0.1, -0.05) is 13.0 Å². The molecule has 0 aliphatic heterocycles. The van der Waals surface area contributed by atoms with Gasteiger partial charge < -0.3 is 5.73 Å². The monoisotopic (exact) mass is 228 g/mol. The Morgan fingerprint density at radius 3 is 2.56 bits per heavy atom. The molecule has 0 aliphatic rings. The van der Waals surface area contributed by atoms with Gasteiger partial charge in [-0.25, -0.2) is 8.78 Å². The Morgan fingerprint density at radius 2 is 2.06 bits per heavy atom. The number of rotatable bonds is 5. The van der Waals surface area contributed by atoms with Gasteiger partial charge in [0.05, 0.1) is 0 Å². The smallest absolute Gasteiger partial charge is 0.130 e. The van der Waals surface area contributed by atoms with Crippen LogP contribution in [0, 0.1) is 11.6 Å². The maximum absolute atomic E-state index is 13.6. The van der Waals surface area contributed by atoms with E-state index >= 15 is 0 Å². The van der Waals surface area contributed by atoms with Crippen LogP contribution >= 0.6 is 0 Å². The molecule has 16 heavy (non-hydrogen) atoms. The van der Waals surface area contributed by atoms with Crippen LogP contribution in [0.1, 0.15) is 24.9 Å². The summed E-state index contributed by atoms with van der Waals surface area (Å²) < 4.78 is 26.3. The molecule has 0 heterocycles. The molecular formula is C12H18F2N2. The molecular weight excluding hydrogens is 210 g/mol. The maximum Gasteiger partial charge on any atom is 0.130 e. The van der Waals surface area contributed by atoms with Gasteiger partial charge in [-0.2, -0.15) is 0 Å². The molecule has 0 saturated carbocycles. The van der Waals surface area contributed by atoms with Gasteiger partial charge in [0, 0.05) is 24.2 Å². The average Bonchev–Trinajstić information content (AvgIpc) is 2.22. The summed E-state index contributed by atoms with van der Waals surface area (Å²) in [6.07, 6.45) is 0.968.